The predicted molar refractivity (Wildman–Crippen MR) is 77.0 cm³/mol. The fraction of sp³-hybridized carbons (Fsp3) is 0.235. The van der Waals surface area contributed by atoms with E-state index in [0.717, 1.165) is 35.3 Å². The average Bonchev–Trinajstić information content (AvgIpc) is 3.29. The predicted octanol–water partition coefficient (Wildman–Crippen LogP) is 3.48. The highest BCUT2D eigenvalue weighted by molar-refractivity contribution is 5.85. The zero-order valence-corrected chi connectivity index (χ0v) is 11.3. The van der Waals surface area contributed by atoms with Crippen LogP contribution in [-0.2, 0) is 10.2 Å². The van der Waals surface area contributed by atoms with E-state index in [4.69, 9.17) is 4.74 Å². The fourth-order valence-electron chi connectivity index (χ4n) is 2.55. The first-order valence-electron chi connectivity index (χ1n) is 6.64. The van der Waals surface area contributed by atoms with Crippen LogP contribution >= 0.6 is 0 Å². The highest BCUT2D eigenvalue weighted by atomic mass is 16.5. The number of aliphatic carboxylic acids is 1. The molecule has 2 aromatic rings. The van der Waals surface area contributed by atoms with E-state index >= 15 is 0 Å². The Kier molecular flexibility index (Phi) is 2.97. The average molecular weight is 268 g/mol. The van der Waals surface area contributed by atoms with Crippen molar-refractivity contribution in [2.24, 2.45) is 0 Å². The van der Waals surface area contributed by atoms with Crippen molar-refractivity contribution in [1.82, 2.24) is 0 Å². The molecule has 0 bridgehead atoms. The molecule has 3 rings (SSSR count). The van der Waals surface area contributed by atoms with Gasteiger partial charge in [-0.25, -0.2) is 0 Å². The Morgan fingerprint density at radius 1 is 1.10 bits per heavy atom. The van der Waals surface area contributed by atoms with E-state index in [1.807, 2.05) is 48.5 Å². The molecule has 1 saturated carbocycles. The molecule has 3 heteroatoms. The zero-order valence-electron chi connectivity index (χ0n) is 11.3. The Labute approximate surface area is 117 Å². The maximum atomic E-state index is 11.4. The van der Waals surface area contributed by atoms with E-state index in [9.17, 15) is 9.90 Å². The molecule has 1 aliphatic rings. The van der Waals surface area contributed by atoms with Crippen molar-refractivity contribution >= 4 is 5.97 Å². The third-order valence-corrected chi connectivity index (χ3v) is 3.98. The maximum Gasteiger partial charge on any atom is 0.314 e. The second-order valence-electron chi connectivity index (χ2n) is 5.20. The number of rotatable bonds is 4. The lowest BCUT2D eigenvalue weighted by atomic mass is 9.92. The molecule has 2 aromatic carbocycles. The van der Waals surface area contributed by atoms with Crippen LogP contribution in [0.5, 0.6) is 5.75 Å². The minimum absolute atomic E-state index is 0.658. The minimum Gasteiger partial charge on any atom is -0.497 e. The third kappa shape index (κ3) is 2.05. The summed E-state index contributed by atoms with van der Waals surface area (Å²) in [7, 11) is 1.64. The number of hydrogen-bond acceptors (Lipinski definition) is 2. The van der Waals surface area contributed by atoms with Crippen molar-refractivity contribution < 1.29 is 14.6 Å². The van der Waals surface area contributed by atoms with E-state index in [0.29, 0.717) is 0 Å². The molecule has 0 radical (unpaired) electrons. The summed E-state index contributed by atoms with van der Waals surface area (Å²) in [5, 5.41) is 9.38. The topological polar surface area (TPSA) is 46.5 Å². The summed E-state index contributed by atoms with van der Waals surface area (Å²) < 4.78 is 5.23. The standard InChI is InChI=1S/C17H16O3/c1-20-15-7-3-5-13(11-15)12-4-2-6-14(10-12)17(8-9-17)16(18)19/h2-7,10-11H,8-9H2,1H3,(H,18,19). The SMILES string of the molecule is COc1cccc(-c2cccc(C3(C(=O)O)CC3)c2)c1. The number of methoxy groups -OCH3 is 1. The zero-order chi connectivity index (χ0) is 14.2. The van der Waals surface area contributed by atoms with Crippen LogP contribution < -0.4 is 4.74 Å². The van der Waals surface area contributed by atoms with E-state index in [1.165, 1.54) is 0 Å². The lowest BCUT2D eigenvalue weighted by molar-refractivity contribution is -0.140. The molecule has 0 amide bonds. The van der Waals surface area contributed by atoms with Gasteiger partial charge in [0.05, 0.1) is 12.5 Å². The van der Waals surface area contributed by atoms with Gasteiger partial charge in [-0.1, -0.05) is 36.4 Å². The van der Waals surface area contributed by atoms with Crippen LogP contribution in [0.4, 0.5) is 0 Å². The molecule has 20 heavy (non-hydrogen) atoms. The lowest BCUT2D eigenvalue weighted by Crippen LogP contribution is -2.19. The van der Waals surface area contributed by atoms with E-state index in [2.05, 4.69) is 0 Å². The van der Waals surface area contributed by atoms with Gasteiger partial charge < -0.3 is 9.84 Å². The molecule has 1 N–H and O–H groups in total. The Bertz CT molecular complexity index is 657. The number of benzene rings is 2. The first-order valence-corrected chi connectivity index (χ1v) is 6.64. The van der Waals surface area contributed by atoms with Gasteiger partial charge in [-0.15, -0.1) is 0 Å². The summed E-state index contributed by atoms with van der Waals surface area (Å²) in [6.45, 7) is 0. The first-order chi connectivity index (χ1) is 9.65. The summed E-state index contributed by atoms with van der Waals surface area (Å²) in [5.74, 6) is 0.0764. The van der Waals surface area contributed by atoms with Gasteiger partial charge >= 0.3 is 5.97 Å². The second-order valence-corrected chi connectivity index (χ2v) is 5.20. The third-order valence-electron chi connectivity index (χ3n) is 3.98. The molecule has 0 heterocycles. The summed E-state index contributed by atoms with van der Waals surface area (Å²) in [4.78, 5) is 11.4. The smallest absolute Gasteiger partial charge is 0.314 e. The van der Waals surface area contributed by atoms with Crippen LogP contribution in [0.25, 0.3) is 11.1 Å². The number of ether oxygens (including phenoxy) is 1. The van der Waals surface area contributed by atoms with Gasteiger partial charge in [0.25, 0.3) is 0 Å². The van der Waals surface area contributed by atoms with Crippen LogP contribution in [0.1, 0.15) is 18.4 Å². The van der Waals surface area contributed by atoms with Crippen LogP contribution in [0.2, 0.25) is 0 Å². The van der Waals surface area contributed by atoms with Crippen LogP contribution in [0, 0.1) is 0 Å². The molecular weight excluding hydrogens is 252 g/mol. The summed E-state index contributed by atoms with van der Waals surface area (Å²) in [6, 6.07) is 15.6. The molecule has 0 aliphatic heterocycles. The van der Waals surface area contributed by atoms with Crippen molar-refractivity contribution in [3.63, 3.8) is 0 Å². The Morgan fingerprint density at radius 3 is 2.35 bits per heavy atom. The van der Waals surface area contributed by atoms with Crippen LogP contribution in [-0.4, -0.2) is 18.2 Å². The molecule has 0 atom stereocenters. The van der Waals surface area contributed by atoms with E-state index in [1.54, 1.807) is 7.11 Å². The Balaban J connectivity index is 2.01. The van der Waals surface area contributed by atoms with Crippen molar-refractivity contribution in [1.29, 1.82) is 0 Å². The van der Waals surface area contributed by atoms with Gasteiger partial charge in [0, 0.05) is 0 Å². The minimum atomic E-state index is -0.722. The van der Waals surface area contributed by atoms with Gasteiger partial charge in [-0.05, 0) is 41.7 Å². The molecule has 1 fully saturated rings. The van der Waals surface area contributed by atoms with Gasteiger partial charge in [-0.2, -0.15) is 0 Å². The molecule has 3 nitrogen and oxygen atoms in total. The Hall–Kier alpha value is -2.29. The molecule has 102 valence electrons. The van der Waals surface area contributed by atoms with E-state index in [-0.39, 0.29) is 0 Å². The van der Waals surface area contributed by atoms with Gasteiger partial charge in [0.1, 0.15) is 5.75 Å². The first kappa shape index (κ1) is 12.7. The van der Waals surface area contributed by atoms with Crippen LogP contribution in [0.3, 0.4) is 0 Å². The summed E-state index contributed by atoms with van der Waals surface area (Å²) in [5.41, 5.74) is 2.29. The van der Waals surface area contributed by atoms with E-state index < -0.39 is 11.4 Å². The van der Waals surface area contributed by atoms with Crippen molar-refractivity contribution in [2.75, 3.05) is 7.11 Å². The summed E-state index contributed by atoms with van der Waals surface area (Å²) in [6.07, 6.45) is 1.45. The molecule has 0 spiro atoms. The molecule has 1 aliphatic carbocycles. The van der Waals surface area contributed by atoms with Crippen molar-refractivity contribution in [3.05, 3.63) is 54.1 Å². The number of carboxylic acid groups (broad SMARTS) is 1. The largest absolute Gasteiger partial charge is 0.497 e. The number of carboxylic acids is 1. The Morgan fingerprint density at radius 2 is 1.75 bits per heavy atom. The van der Waals surface area contributed by atoms with Gasteiger partial charge in [0.15, 0.2) is 0 Å². The second kappa shape index (κ2) is 4.67. The molecule has 0 unspecified atom stereocenters. The highest BCUT2D eigenvalue weighted by Gasteiger charge is 2.51. The molecule has 0 saturated heterocycles. The van der Waals surface area contributed by atoms with Crippen molar-refractivity contribution in [3.8, 4) is 16.9 Å². The number of hydrogen-bond donors (Lipinski definition) is 1. The van der Waals surface area contributed by atoms with Gasteiger partial charge in [0.2, 0.25) is 0 Å². The highest BCUT2D eigenvalue weighted by Crippen LogP contribution is 2.49. The van der Waals surface area contributed by atoms with Gasteiger partial charge in [-0.3, -0.25) is 4.79 Å². The molecule has 0 aromatic heterocycles. The maximum absolute atomic E-state index is 11.4. The monoisotopic (exact) mass is 268 g/mol. The lowest BCUT2D eigenvalue weighted by Gasteiger charge is -2.12. The summed E-state index contributed by atoms with van der Waals surface area (Å²) >= 11 is 0. The number of carbonyl (C=O) groups is 1. The van der Waals surface area contributed by atoms with Crippen LogP contribution in [0.15, 0.2) is 48.5 Å². The van der Waals surface area contributed by atoms with Crippen molar-refractivity contribution in [2.45, 2.75) is 18.3 Å². The molecular formula is C17H16O3. The fourth-order valence-corrected chi connectivity index (χ4v) is 2.55. The quantitative estimate of drug-likeness (QED) is 0.923. The normalized spacial score (nSPS) is 15.7.